The lowest BCUT2D eigenvalue weighted by atomic mass is 9.96. The third-order valence-electron chi connectivity index (χ3n) is 7.68. The van der Waals surface area contributed by atoms with E-state index in [1.54, 1.807) is 36.4 Å². The Morgan fingerprint density at radius 1 is 0.833 bits per heavy atom. The van der Waals surface area contributed by atoms with Crippen LogP contribution in [0.5, 0.6) is 0 Å². The van der Waals surface area contributed by atoms with E-state index in [4.69, 9.17) is 5.73 Å². The third-order valence-corrected chi connectivity index (χ3v) is 7.68. The van der Waals surface area contributed by atoms with Gasteiger partial charge >= 0.3 is 0 Å². The second-order valence-electron chi connectivity index (χ2n) is 10.4. The van der Waals surface area contributed by atoms with Gasteiger partial charge in [0.1, 0.15) is 11.6 Å². The standard InChI is InChI=1S/C32H27F2N5O3/c1-38-12-14-39(15-13-38)32(42)19-4-8-24-27(16-19)37-29-25(30(35)40)11-10-23(28(24)29)22-9-7-21(17-26(22)34)36-31(41)18-2-5-20(33)6-3-18/h2-11,16-17,37H,12-15H2,1H3,(H2,35,40)(H,36,41). The summed E-state index contributed by atoms with van der Waals surface area (Å²) in [5.74, 6) is -2.30. The van der Waals surface area contributed by atoms with E-state index in [1.165, 1.54) is 36.4 Å². The minimum Gasteiger partial charge on any atom is -0.366 e. The molecule has 0 bridgehead atoms. The molecule has 5 aromatic rings. The normalized spacial score (nSPS) is 13.9. The molecule has 4 N–H and O–H groups in total. The lowest BCUT2D eigenvalue weighted by Crippen LogP contribution is -2.47. The number of halogens is 2. The summed E-state index contributed by atoms with van der Waals surface area (Å²) in [4.78, 5) is 45.3. The number of piperazine rings is 1. The average Bonchev–Trinajstić information content (AvgIpc) is 3.36. The van der Waals surface area contributed by atoms with Crippen LogP contribution < -0.4 is 11.1 Å². The van der Waals surface area contributed by atoms with Gasteiger partial charge in [-0.05, 0) is 73.3 Å². The summed E-state index contributed by atoms with van der Waals surface area (Å²) in [5, 5.41) is 3.91. The molecule has 0 radical (unpaired) electrons. The second kappa shape index (κ2) is 10.7. The van der Waals surface area contributed by atoms with Gasteiger partial charge in [0.15, 0.2) is 0 Å². The molecular weight excluding hydrogens is 540 g/mol. The Morgan fingerprint density at radius 2 is 1.52 bits per heavy atom. The number of primary amides is 1. The summed E-state index contributed by atoms with van der Waals surface area (Å²) in [6.07, 6.45) is 0. The van der Waals surface area contributed by atoms with Crippen LogP contribution in [0.15, 0.2) is 72.8 Å². The van der Waals surface area contributed by atoms with Crippen LogP contribution in [-0.4, -0.2) is 65.7 Å². The molecule has 0 spiro atoms. The van der Waals surface area contributed by atoms with E-state index < -0.39 is 23.4 Å². The highest BCUT2D eigenvalue weighted by Gasteiger charge is 2.23. The summed E-state index contributed by atoms with van der Waals surface area (Å²) in [5.41, 5.74) is 8.67. The molecule has 1 fully saturated rings. The number of nitrogens with two attached hydrogens (primary N) is 1. The number of rotatable bonds is 5. The molecule has 0 aliphatic carbocycles. The summed E-state index contributed by atoms with van der Waals surface area (Å²) >= 11 is 0. The number of fused-ring (bicyclic) bond motifs is 3. The Morgan fingerprint density at radius 3 is 2.21 bits per heavy atom. The molecule has 42 heavy (non-hydrogen) atoms. The van der Waals surface area contributed by atoms with Crippen LogP contribution in [0.1, 0.15) is 31.1 Å². The zero-order chi connectivity index (χ0) is 29.5. The number of amides is 3. The summed E-state index contributed by atoms with van der Waals surface area (Å²) in [7, 11) is 2.02. The van der Waals surface area contributed by atoms with E-state index in [2.05, 4.69) is 15.2 Å². The van der Waals surface area contributed by atoms with Gasteiger partial charge in [0.05, 0.1) is 11.1 Å². The quantitative estimate of drug-likeness (QED) is 0.277. The van der Waals surface area contributed by atoms with Crippen molar-refractivity contribution < 1.29 is 23.2 Å². The van der Waals surface area contributed by atoms with Gasteiger partial charge in [-0.25, -0.2) is 8.78 Å². The number of nitrogens with zero attached hydrogens (tertiary/aromatic N) is 2. The Labute approximate surface area is 239 Å². The average molecular weight is 568 g/mol. The van der Waals surface area contributed by atoms with E-state index in [-0.39, 0.29) is 28.3 Å². The molecule has 0 atom stereocenters. The van der Waals surface area contributed by atoms with E-state index in [0.29, 0.717) is 46.0 Å². The smallest absolute Gasteiger partial charge is 0.255 e. The number of aromatic amines is 1. The largest absolute Gasteiger partial charge is 0.366 e. The molecule has 1 saturated heterocycles. The number of hydrogen-bond acceptors (Lipinski definition) is 4. The summed E-state index contributed by atoms with van der Waals surface area (Å²) in [6, 6.07) is 17.8. The van der Waals surface area contributed by atoms with Crippen molar-refractivity contribution in [2.24, 2.45) is 5.73 Å². The molecule has 1 aromatic heterocycles. The number of benzene rings is 4. The highest BCUT2D eigenvalue weighted by molar-refractivity contribution is 6.20. The van der Waals surface area contributed by atoms with Gasteiger partial charge in [-0.15, -0.1) is 0 Å². The maximum absolute atomic E-state index is 15.6. The minimum absolute atomic E-state index is 0.0803. The van der Waals surface area contributed by atoms with Crippen molar-refractivity contribution in [1.29, 1.82) is 0 Å². The maximum atomic E-state index is 15.6. The summed E-state index contributed by atoms with van der Waals surface area (Å²) < 4.78 is 28.8. The van der Waals surface area contributed by atoms with Crippen LogP contribution in [0.3, 0.4) is 0 Å². The van der Waals surface area contributed by atoms with E-state index >= 15 is 4.39 Å². The van der Waals surface area contributed by atoms with E-state index in [0.717, 1.165) is 13.1 Å². The second-order valence-corrected chi connectivity index (χ2v) is 10.4. The Kier molecular flexibility index (Phi) is 6.91. The fraction of sp³-hybridized carbons (Fsp3) is 0.156. The molecule has 0 unspecified atom stereocenters. The predicted molar refractivity (Wildman–Crippen MR) is 157 cm³/mol. The molecule has 4 aromatic carbocycles. The van der Waals surface area contributed by atoms with Crippen molar-refractivity contribution in [3.63, 3.8) is 0 Å². The topological polar surface area (TPSA) is 112 Å². The Balaban J connectivity index is 1.38. The van der Waals surface area contributed by atoms with Crippen molar-refractivity contribution in [1.82, 2.24) is 14.8 Å². The SMILES string of the molecule is CN1CCN(C(=O)c2ccc3c(c2)[nH]c2c(C(N)=O)ccc(-c4ccc(NC(=O)c5ccc(F)cc5)cc4F)c23)CC1. The fourth-order valence-corrected chi connectivity index (χ4v) is 5.38. The lowest BCUT2D eigenvalue weighted by molar-refractivity contribution is 0.0664. The number of H-pyrrole nitrogens is 1. The predicted octanol–water partition coefficient (Wildman–Crippen LogP) is 5.01. The number of nitrogens with one attached hydrogen (secondary N) is 2. The minimum atomic E-state index is -0.647. The number of carbonyl (C=O) groups is 3. The number of likely N-dealkylation sites (N-methyl/N-ethyl adjacent to an activating group) is 1. The highest BCUT2D eigenvalue weighted by atomic mass is 19.1. The van der Waals surface area contributed by atoms with Crippen LogP contribution in [0.4, 0.5) is 14.5 Å². The van der Waals surface area contributed by atoms with Crippen LogP contribution in [-0.2, 0) is 0 Å². The maximum Gasteiger partial charge on any atom is 0.255 e. The summed E-state index contributed by atoms with van der Waals surface area (Å²) in [6.45, 7) is 2.86. The van der Waals surface area contributed by atoms with Crippen LogP contribution in [0.2, 0.25) is 0 Å². The van der Waals surface area contributed by atoms with Crippen molar-refractivity contribution >= 4 is 45.2 Å². The third kappa shape index (κ3) is 4.97. The molecule has 1 aliphatic heterocycles. The van der Waals surface area contributed by atoms with Gasteiger partial charge in [-0.2, -0.15) is 0 Å². The van der Waals surface area contributed by atoms with Gasteiger partial charge in [-0.1, -0.05) is 12.1 Å². The number of hydrogen-bond donors (Lipinski definition) is 3. The van der Waals surface area contributed by atoms with E-state index in [9.17, 15) is 18.8 Å². The number of carbonyl (C=O) groups excluding carboxylic acids is 3. The molecule has 1 aliphatic rings. The Hall–Kier alpha value is -5.09. The lowest BCUT2D eigenvalue weighted by Gasteiger charge is -2.32. The van der Waals surface area contributed by atoms with Crippen molar-refractivity contribution in [2.45, 2.75) is 0 Å². The van der Waals surface area contributed by atoms with Crippen molar-refractivity contribution in [2.75, 3.05) is 38.5 Å². The van der Waals surface area contributed by atoms with Gasteiger partial charge in [0.25, 0.3) is 17.7 Å². The van der Waals surface area contributed by atoms with Crippen molar-refractivity contribution in [3.8, 4) is 11.1 Å². The van der Waals surface area contributed by atoms with Gasteiger partial charge < -0.3 is 25.8 Å². The molecule has 6 rings (SSSR count). The number of aromatic nitrogens is 1. The molecule has 2 heterocycles. The zero-order valence-corrected chi connectivity index (χ0v) is 22.7. The van der Waals surface area contributed by atoms with Crippen LogP contribution in [0.25, 0.3) is 32.9 Å². The molecule has 212 valence electrons. The van der Waals surface area contributed by atoms with Crippen molar-refractivity contribution in [3.05, 3.63) is 101 Å². The first kappa shape index (κ1) is 27.1. The first-order chi connectivity index (χ1) is 20.2. The van der Waals surface area contributed by atoms with Gasteiger partial charge in [0.2, 0.25) is 0 Å². The monoisotopic (exact) mass is 567 g/mol. The van der Waals surface area contributed by atoms with E-state index in [1.807, 2.05) is 11.9 Å². The molecule has 8 nitrogen and oxygen atoms in total. The van der Waals surface area contributed by atoms with Gasteiger partial charge in [-0.3, -0.25) is 14.4 Å². The Bertz CT molecular complexity index is 1880. The first-order valence-electron chi connectivity index (χ1n) is 13.4. The molecule has 10 heteroatoms. The van der Waals surface area contributed by atoms with Crippen LogP contribution >= 0.6 is 0 Å². The fourth-order valence-electron chi connectivity index (χ4n) is 5.38. The number of anilines is 1. The molecule has 0 saturated carbocycles. The van der Waals surface area contributed by atoms with Gasteiger partial charge in [0, 0.05) is 64.8 Å². The zero-order valence-electron chi connectivity index (χ0n) is 22.7. The first-order valence-corrected chi connectivity index (χ1v) is 13.4. The highest BCUT2D eigenvalue weighted by Crippen LogP contribution is 2.38. The molecule has 3 amide bonds. The molecular formula is C32H27F2N5O3. The van der Waals surface area contributed by atoms with Crippen LogP contribution in [0, 0.1) is 11.6 Å².